The predicted octanol–water partition coefficient (Wildman–Crippen LogP) is 1.28. The van der Waals surface area contributed by atoms with Crippen molar-refractivity contribution in [1.29, 1.82) is 0 Å². The van der Waals surface area contributed by atoms with E-state index in [4.69, 9.17) is 4.74 Å². The second-order valence-corrected chi connectivity index (χ2v) is 8.24. The van der Waals surface area contributed by atoms with Crippen molar-refractivity contribution in [2.75, 3.05) is 0 Å². The van der Waals surface area contributed by atoms with Gasteiger partial charge in [0.05, 0.1) is 6.42 Å². The molecule has 0 radical (unpaired) electrons. The number of rotatable bonds is 4. The molecule has 0 aliphatic carbocycles. The normalized spacial score (nSPS) is 24.8. The highest BCUT2D eigenvalue weighted by molar-refractivity contribution is 5.94. The number of nitrogens with one attached hydrogen (secondary N) is 3. The Bertz CT molecular complexity index is 980. The van der Waals surface area contributed by atoms with Crippen LogP contribution in [0.2, 0.25) is 0 Å². The van der Waals surface area contributed by atoms with Crippen LogP contribution in [0.15, 0.2) is 60.7 Å². The molecule has 0 spiro atoms. The summed E-state index contributed by atoms with van der Waals surface area (Å²) in [5.41, 5.74) is 1.70. The van der Waals surface area contributed by atoms with Gasteiger partial charge in [0, 0.05) is 12.8 Å². The van der Waals surface area contributed by atoms with Gasteiger partial charge in [0.2, 0.25) is 17.7 Å². The maximum absolute atomic E-state index is 12.9. The Morgan fingerprint density at radius 2 is 1.27 bits per heavy atom. The standard InChI is InChI=1S/C25H29N3O5/c1-16-13-22(29)27-20(14-18-9-5-3-6-10-18)24(31)26-17(2)23(30)28-21(25(32)33-16)15-19-11-7-4-8-12-19/h3-12,16-17,20-21H,13-15H2,1-2H3,(H,26,31)(H,27,29)(H,28,30)/t16-,17+,20+,21-/m1/s1. The molecule has 2 aromatic carbocycles. The molecule has 0 unspecified atom stereocenters. The van der Waals surface area contributed by atoms with Crippen LogP contribution in [0.4, 0.5) is 0 Å². The third kappa shape index (κ3) is 7.17. The lowest BCUT2D eigenvalue weighted by Gasteiger charge is -2.22. The predicted molar refractivity (Wildman–Crippen MR) is 122 cm³/mol. The number of carbonyl (C=O) groups excluding carboxylic acids is 4. The van der Waals surface area contributed by atoms with E-state index < -0.39 is 47.9 Å². The number of esters is 1. The van der Waals surface area contributed by atoms with Gasteiger partial charge in [0.25, 0.3) is 0 Å². The molecule has 3 rings (SSSR count). The van der Waals surface area contributed by atoms with Gasteiger partial charge in [-0.1, -0.05) is 60.7 Å². The smallest absolute Gasteiger partial charge is 0.329 e. The van der Waals surface area contributed by atoms with Crippen LogP contribution in [0.3, 0.4) is 0 Å². The summed E-state index contributed by atoms with van der Waals surface area (Å²) in [5.74, 6) is -2.05. The number of hydrogen-bond donors (Lipinski definition) is 3. The first-order valence-electron chi connectivity index (χ1n) is 11.0. The molecule has 8 heteroatoms. The Labute approximate surface area is 193 Å². The average molecular weight is 452 g/mol. The topological polar surface area (TPSA) is 114 Å². The number of benzene rings is 2. The van der Waals surface area contributed by atoms with Crippen molar-refractivity contribution in [1.82, 2.24) is 16.0 Å². The summed E-state index contributed by atoms with van der Waals surface area (Å²) in [6.07, 6.45) is -0.350. The van der Waals surface area contributed by atoms with E-state index in [1.165, 1.54) is 6.92 Å². The van der Waals surface area contributed by atoms with Crippen LogP contribution in [0.5, 0.6) is 0 Å². The van der Waals surface area contributed by atoms with Gasteiger partial charge in [-0.05, 0) is 25.0 Å². The molecule has 0 aromatic heterocycles. The van der Waals surface area contributed by atoms with Crippen molar-refractivity contribution in [3.05, 3.63) is 71.8 Å². The van der Waals surface area contributed by atoms with Crippen LogP contribution in [-0.4, -0.2) is 47.9 Å². The van der Waals surface area contributed by atoms with Crippen LogP contribution in [0.1, 0.15) is 31.4 Å². The largest absolute Gasteiger partial charge is 0.461 e. The summed E-state index contributed by atoms with van der Waals surface area (Å²) in [5, 5.41) is 8.05. The van der Waals surface area contributed by atoms with Gasteiger partial charge in [-0.15, -0.1) is 0 Å². The number of amides is 3. The fraction of sp³-hybridized carbons (Fsp3) is 0.360. The molecule has 4 atom stereocenters. The first-order chi connectivity index (χ1) is 15.8. The highest BCUT2D eigenvalue weighted by Crippen LogP contribution is 2.10. The molecule has 0 bridgehead atoms. The summed E-state index contributed by atoms with van der Waals surface area (Å²) >= 11 is 0. The molecule has 1 aliphatic heterocycles. The van der Waals surface area contributed by atoms with Gasteiger partial charge in [-0.3, -0.25) is 14.4 Å². The zero-order valence-electron chi connectivity index (χ0n) is 18.7. The van der Waals surface area contributed by atoms with Crippen LogP contribution in [0, 0.1) is 0 Å². The second-order valence-electron chi connectivity index (χ2n) is 8.24. The minimum Gasteiger partial charge on any atom is -0.461 e. The number of carbonyl (C=O) groups is 4. The third-order valence-electron chi connectivity index (χ3n) is 5.36. The summed E-state index contributed by atoms with van der Waals surface area (Å²) in [6, 6.07) is 15.7. The van der Waals surface area contributed by atoms with Crippen LogP contribution in [-0.2, 0) is 36.8 Å². The van der Waals surface area contributed by atoms with E-state index in [9.17, 15) is 19.2 Å². The van der Waals surface area contributed by atoms with Crippen LogP contribution < -0.4 is 16.0 Å². The molecule has 1 fully saturated rings. The van der Waals surface area contributed by atoms with Gasteiger partial charge in [-0.2, -0.15) is 0 Å². The minimum absolute atomic E-state index is 0.105. The summed E-state index contributed by atoms with van der Waals surface area (Å²) in [4.78, 5) is 51.1. The van der Waals surface area contributed by atoms with E-state index in [0.29, 0.717) is 0 Å². The molecule has 1 heterocycles. The zero-order chi connectivity index (χ0) is 23.8. The molecule has 2 aromatic rings. The van der Waals surface area contributed by atoms with Crippen molar-refractivity contribution in [2.45, 2.75) is 57.3 Å². The third-order valence-corrected chi connectivity index (χ3v) is 5.36. The molecule has 33 heavy (non-hydrogen) atoms. The second kappa shape index (κ2) is 11.3. The molecular formula is C25H29N3O5. The van der Waals surface area contributed by atoms with Crippen LogP contribution in [0.25, 0.3) is 0 Å². The molecule has 174 valence electrons. The Morgan fingerprint density at radius 3 is 1.85 bits per heavy atom. The Kier molecular flexibility index (Phi) is 8.18. The molecular weight excluding hydrogens is 422 g/mol. The van der Waals surface area contributed by atoms with Crippen molar-refractivity contribution >= 4 is 23.7 Å². The van der Waals surface area contributed by atoms with E-state index in [1.807, 2.05) is 60.7 Å². The lowest BCUT2D eigenvalue weighted by Crippen LogP contribution is -2.55. The Hall–Kier alpha value is -3.68. The maximum atomic E-state index is 12.9. The van der Waals surface area contributed by atoms with Crippen molar-refractivity contribution in [2.24, 2.45) is 0 Å². The van der Waals surface area contributed by atoms with Gasteiger partial charge < -0.3 is 20.7 Å². The fourth-order valence-corrected chi connectivity index (χ4v) is 3.61. The molecule has 1 aliphatic rings. The highest BCUT2D eigenvalue weighted by Gasteiger charge is 2.31. The van der Waals surface area contributed by atoms with E-state index in [-0.39, 0.29) is 19.3 Å². The highest BCUT2D eigenvalue weighted by atomic mass is 16.5. The zero-order valence-corrected chi connectivity index (χ0v) is 18.7. The summed E-state index contributed by atoms with van der Waals surface area (Å²) in [7, 11) is 0. The monoisotopic (exact) mass is 451 g/mol. The number of hydrogen-bond acceptors (Lipinski definition) is 5. The van der Waals surface area contributed by atoms with E-state index in [2.05, 4.69) is 16.0 Å². The van der Waals surface area contributed by atoms with Gasteiger partial charge >= 0.3 is 5.97 Å². The molecule has 1 saturated heterocycles. The quantitative estimate of drug-likeness (QED) is 0.606. The SMILES string of the molecule is C[C@@H]1CC(=O)N[C@@H](Cc2ccccc2)C(=O)N[C@@H](C)C(=O)N[C@H](Cc2ccccc2)C(=O)O1. The number of cyclic esters (lactones) is 1. The number of ether oxygens (including phenoxy) is 1. The van der Waals surface area contributed by atoms with Crippen molar-refractivity contribution < 1.29 is 23.9 Å². The first-order valence-corrected chi connectivity index (χ1v) is 11.0. The Morgan fingerprint density at radius 1 is 0.727 bits per heavy atom. The summed E-state index contributed by atoms with van der Waals surface area (Å²) < 4.78 is 5.46. The van der Waals surface area contributed by atoms with Gasteiger partial charge in [0.15, 0.2) is 0 Å². The van der Waals surface area contributed by atoms with Crippen LogP contribution >= 0.6 is 0 Å². The van der Waals surface area contributed by atoms with E-state index in [1.54, 1.807) is 6.92 Å². The average Bonchev–Trinajstić information content (AvgIpc) is 2.79. The molecule has 8 nitrogen and oxygen atoms in total. The lowest BCUT2D eigenvalue weighted by atomic mass is 10.0. The first kappa shape index (κ1) is 24.0. The summed E-state index contributed by atoms with van der Waals surface area (Å²) in [6.45, 7) is 3.13. The maximum Gasteiger partial charge on any atom is 0.329 e. The lowest BCUT2D eigenvalue weighted by molar-refractivity contribution is -0.153. The molecule has 3 amide bonds. The van der Waals surface area contributed by atoms with Crippen molar-refractivity contribution in [3.63, 3.8) is 0 Å². The molecule has 3 N–H and O–H groups in total. The Balaban J connectivity index is 1.81. The van der Waals surface area contributed by atoms with Gasteiger partial charge in [0.1, 0.15) is 24.2 Å². The van der Waals surface area contributed by atoms with Crippen molar-refractivity contribution in [3.8, 4) is 0 Å². The minimum atomic E-state index is -0.953. The molecule has 0 saturated carbocycles. The van der Waals surface area contributed by atoms with E-state index in [0.717, 1.165) is 11.1 Å². The fourth-order valence-electron chi connectivity index (χ4n) is 3.61. The van der Waals surface area contributed by atoms with Gasteiger partial charge in [-0.25, -0.2) is 4.79 Å². The van der Waals surface area contributed by atoms with E-state index >= 15 is 0 Å².